The van der Waals surface area contributed by atoms with Crippen LogP contribution in [0.15, 0.2) is 0 Å². The molecule has 2 saturated heterocycles. The maximum Gasteiger partial charge on any atom is 0.223 e. The van der Waals surface area contributed by atoms with E-state index in [1.807, 2.05) is 4.90 Å². The highest BCUT2D eigenvalue weighted by Gasteiger charge is 2.43. The zero-order chi connectivity index (χ0) is 12.8. The minimum atomic E-state index is 0.270. The topological polar surface area (TPSA) is 41.6 Å². The van der Waals surface area contributed by atoms with Crippen LogP contribution in [0.5, 0.6) is 0 Å². The molecule has 2 aliphatic rings. The fourth-order valence-corrected chi connectivity index (χ4v) is 3.00. The summed E-state index contributed by atoms with van der Waals surface area (Å²) in [7, 11) is 0. The van der Waals surface area contributed by atoms with Crippen molar-refractivity contribution in [3.63, 3.8) is 0 Å². The predicted molar refractivity (Wildman–Crippen MR) is 71.5 cm³/mol. The molecule has 0 aromatic heterocycles. The second-order valence-electron chi connectivity index (χ2n) is 5.71. The first-order valence-electron chi connectivity index (χ1n) is 7.32. The number of nitrogens with one attached hydrogen (secondary N) is 1. The van der Waals surface area contributed by atoms with Gasteiger partial charge in [0.25, 0.3) is 0 Å². The monoisotopic (exact) mass is 254 g/mol. The van der Waals surface area contributed by atoms with Crippen LogP contribution in [0, 0.1) is 5.41 Å². The lowest BCUT2D eigenvalue weighted by Gasteiger charge is -2.33. The highest BCUT2D eigenvalue weighted by Crippen LogP contribution is 2.38. The Hall–Kier alpha value is -0.610. The second kappa shape index (κ2) is 6.53. The van der Waals surface area contributed by atoms with Crippen LogP contribution in [0.2, 0.25) is 0 Å². The van der Waals surface area contributed by atoms with Crippen LogP contribution in [0.25, 0.3) is 0 Å². The number of carbonyl (C=O) groups is 1. The van der Waals surface area contributed by atoms with Crippen LogP contribution < -0.4 is 5.32 Å². The van der Waals surface area contributed by atoms with Crippen molar-refractivity contribution in [2.45, 2.75) is 39.0 Å². The third kappa shape index (κ3) is 3.45. The van der Waals surface area contributed by atoms with E-state index in [2.05, 4.69) is 12.2 Å². The zero-order valence-corrected chi connectivity index (χ0v) is 11.5. The van der Waals surface area contributed by atoms with Crippen LogP contribution >= 0.6 is 0 Å². The van der Waals surface area contributed by atoms with Gasteiger partial charge in [0, 0.05) is 26.1 Å². The fourth-order valence-electron chi connectivity index (χ4n) is 3.00. The number of unbranched alkanes of at least 4 members (excludes halogenated alkanes) is 1. The summed E-state index contributed by atoms with van der Waals surface area (Å²) in [5.41, 5.74) is 0.270. The molecule has 1 spiro atoms. The molecule has 4 nitrogen and oxygen atoms in total. The molecule has 0 radical (unpaired) electrons. The maximum absolute atomic E-state index is 12.0. The number of nitrogens with zero attached hydrogens (tertiary/aromatic N) is 1. The number of amides is 1. The van der Waals surface area contributed by atoms with Crippen molar-refractivity contribution in [1.82, 2.24) is 10.2 Å². The number of rotatable bonds is 6. The lowest BCUT2D eigenvalue weighted by atomic mass is 9.78. The molecule has 104 valence electrons. The third-order valence-electron chi connectivity index (χ3n) is 4.22. The van der Waals surface area contributed by atoms with E-state index in [4.69, 9.17) is 4.74 Å². The van der Waals surface area contributed by atoms with Crippen LogP contribution in [-0.4, -0.2) is 50.2 Å². The first-order chi connectivity index (χ1) is 8.76. The Balaban J connectivity index is 1.71. The molecule has 2 aliphatic heterocycles. The van der Waals surface area contributed by atoms with E-state index in [1.165, 1.54) is 6.42 Å². The van der Waals surface area contributed by atoms with Gasteiger partial charge in [-0.3, -0.25) is 4.79 Å². The molecule has 0 atom stereocenters. The van der Waals surface area contributed by atoms with Gasteiger partial charge < -0.3 is 15.0 Å². The standard InChI is InChI=1S/C14H26N2O2/c1-2-3-9-18-10-8-16-12-14(11-13(16)17)4-6-15-7-5-14/h15H,2-12H2,1H3. The number of ether oxygens (including phenoxy) is 1. The van der Waals surface area contributed by atoms with E-state index in [0.717, 1.165) is 58.5 Å². The first-order valence-corrected chi connectivity index (χ1v) is 7.32. The molecule has 2 rings (SSSR count). The van der Waals surface area contributed by atoms with Crippen molar-refractivity contribution < 1.29 is 9.53 Å². The fraction of sp³-hybridized carbons (Fsp3) is 0.929. The van der Waals surface area contributed by atoms with Gasteiger partial charge in [0.15, 0.2) is 0 Å². The van der Waals surface area contributed by atoms with E-state index in [1.54, 1.807) is 0 Å². The van der Waals surface area contributed by atoms with Gasteiger partial charge in [-0.1, -0.05) is 13.3 Å². The number of likely N-dealkylation sites (tertiary alicyclic amines) is 1. The number of hydrogen-bond acceptors (Lipinski definition) is 3. The van der Waals surface area contributed by atoms with Crippen LogP contribution in [0.4, 0.5) is 0 Å². The van der Waals surface area contributed by atoms with Gasteiger partial charge in [0.1, 0.15) is 0 Å². The minimum Gasteiger partial charge on any atom is -0.380 e. The van der Waals surface area contributed by atoms with Crippen molar-refractivity contribution in [3.8, 4) is 0 Å². The van der Waals surface area contributed by atoms with Gasteiger partial charge in [0.05, 0.1) is 6.61 Å². The summed E-state index contributed by atoms with van der Waals surface area (Å²) < 4.78 is 5.55. The van der Waals surface area contributed by atoms with Gasteiger partial charge in [-0.05, 0) is 37.8 Å². The molecule has 18 heavy (non-hydrogen) atoms. The Kier molecular flexibility index (Phi) is 5.01. The van der Waals surface area contributed by atoms with Crippen LogP contribution in [0.3, 0.4) is 0 Å². The van der Waals surface area contributed by atoms with Gasteiger partial charge in [0.2, 0.25) is 5.91 Å². The molecule has 0 unspecified atom stereocenters. The average Bonchev–Trinajstić information content (AvgIpc) is 2.66. The predicted octanol–water partition coefficient (Wildman–Crippen LogP) is 1.41. The molecular weight excluding hydrogens is 228 g/mol. The number of piperidine rings is 1. The van der Waals surface area contributed by atoms with E-state index in [0.29, 0.717) is 12.5 Å². The zero-order valence-electron chi connectivity index (χ0n) is 11.5. The third-order valence-corrected chi connectivity index (χ3v) is 4.22. The van der Waals surface area contributed by atoms with Gasteiger partial charge in [-0.25, -0.2) is 0 Å². The second-order valence-corrected chi connectivity index (χ2v) is 5.71. The van der Waals surface area contributed by atoms with Crippen molar-refractivity contribution in [3.05, 3.63) is 0 Å². The summed E-state index contributed by atoms with van der Waals surface area (Å²) >= 11 is 0. The molecule has 1 amide bonds. The Labute approximate surface area is 110 Å². The van der Waals surface area contributed by atoms with E-state index < -0.39 is 0 Å². The molecule has 4 heteroatoms. The summed E-state index contributed by atoms with van der Waals surface area (Å²) in [5, 5.41) is 3.38. The van der Waals surface area contributed by atoms with Gasteiger partial charge in [-0.2, -0.15) is 0 Å². The molecular formula is C14H26N2O2. The molecule has 0 aliphatic carbocycles. The van der Waals surface area contributed by atoms with Crippen molar-refractivity contribution >= 4 is 5.91 Å². The molecule has 1 N–H and O–H groups in total. The van der Waals surface area contributed by atoms with Crippen LogP contribution in [0.1, 0.15) is 39.0 Å². The summed E-state index contributed by atoms with van der Waals surface area (Å²) in [5.74, 6) is 0.330. The number of carbonyl (C=O) groups excluding carboxylic acids is 1. The smallest absolute Gasteiger partial charge is 0.223 e. The molecule has 2 fully saturated rings. The summed E-state index contributed by atoms with van der Waals surface area (Å²) in [6.07, 6.45) is 5.32. The van der Waals surface area contributed by atoms with Crippen molar-refractivity contribution in [2.75, 3.05) is 39.4 Å². The number of hydrogen-bond donors (Lipinski definition) is 1. The molecule has 2 heterocycles. The summed E-state index contributed by atoms with van der Waals surface area (Å²) in [6, 6.07) is 0. The molecule has 0 aromatic carbocycles. The highest BCUT2D eigenvalue weighted by atomic mass is 16.5. The largest absolute Gasteiger partial charge is 0.380 e. The molecule has 0 aromatic rings. The summed E-state index contributed by atoms with van der Waals surface area (Å²) in [4.78, 5) is 14.0. The molecule has 0 saturated carbocycles. The van der Waals surface area contributed by atoms with E-state index in [9.17, 15) is 4.79 Å². The van der Waals surface area contributed by atoms with Gasteiger partial charge in [-0.15, -0.1) is 0 Å². The quantitative estimate of drug-likeness (QED) is 0.729. The Morgan fingerprint density at radius 3 is 2.83 bits per heavy atom. The average molecular weight is 254 g/mol. The van der Waals surface area contributed by atoms with Crippen molar-refractivity contribution in [2.24, 2.45) is 5.41 Å². The Bertz CT molecular complexity index is 275. The maximum atomic E-state index is 12.0. The molecule has 0 bridgehead atoms. The van der Waals surface area contributed by atoms with Crippen molar-refractivity contribution in [1.29, 1.82) is 0 Å². The van der Waals surface area contributed by atoms with Gasteiger partial charge >= 0.3 is 0 Å². The SMILES string of the molecule is CCCCOCCN1CC2(CCNCC2)CC1=O. The van der Waals surface area contributed by atoms with E-state index in [-0.39, 0.29) is 5.41 Å². The first kappa shape index (κ1) is 13.8. The Morgan fingerprint density at radius 2 is 2.11 bits per heavy atom. The Morgan fingerprint density at radius 1 is 1.33 bits per heavy atom. The lowest BCUT2D eigenvalue weighted by Crippen LogP contribution is -2.39. The lowest BCUT2D eigenvalue weighted by molar-refractivity contribution is -0.128. The minimum absolute atomic E-state index is 0.270. The van der Waals surface area contributed by atoms with E-state index >= 15 is 0 Å². The normalized spacial score (nSPS) is 22.9. The van der Waals surface area contributed by atoms with Crippen LogP contribution in [-0.2, 0) is 9.53 Å². The summed E-state index contributed by atoms with van der Waals surface area (Å²) in [6.45, 7) is 7.53. The highest BCUT2D eigenvalue weighted by molar-refractivity contribution is 5.79.